The van der Waals surface area contributed by atoms with E-state index in [9.17, 15) is 13.6 Å². The van der Waals surface area contributed by atoms with Crippen molar-refractivity contribution in [2.45, 2.75) is 18.6 Å². The molecule has 27 heavy (non-hydrogen) atoms. The monoisotopic (exact) mass is 392 g/mol. The molecule has 2 aromatic rings. The van der Waals surface area contributed by atoms with Crippen LogP contribution in [0.2, 0.25) is 0 Å². The van der Waals surface area contributed by atoms with E-state index in [-0.39, 0.29) is 24.5 Å². The summed E-state index contributed by atoms with van der Waals surface area (Å²) in [6, 6.07) is 10.6. The molecule has 8 heteroatoms. The van der Waals surface area contributed by atoms with Gasteiger partial charge in [0.05, 0.1) is 18.1 Å². The molecule has 0 unspecified atom stereocenters. The number of halogens is 2. The Morgan fingerprint density at radius 2 is 1.93 bits per heavy atom. The van der Waals surface area contributed by atoms with E-state index in [1.54, 1.807) is 0 Å². The number of benzene rings is 2. The van der Waals surface area contributed by atoms with E-state index < -0.39 is 29.7 Å². The Labute approximate surface area is 160 Å². The van der Waals surface area contributed by atoms with Gasteiger partial charge in [-0.1, -0.05) is 42.5 Å². The molecule has 0 bridgehead atoms. The maximum atomic E-state index is 14.4. The third-order valence-corrected chi connectivity index (χ3v) is 4.72. The van der Waals surface area contributed by atoms with Crippen LogP contribution in [-0.4, -0.2) is 30.8 Å². The van der Waals surface area contributed by atoms with Gasteiger partial charge in [0.2, 0.25) is 0 Å². The van der Waals surface area contributed by atoms with Crippen LogP contribution in [0.5, 0.6) is 5.75 Å². The normalized spacial score (nSPS) is 18.7. The first-order chi connectivity index (χ1) is 13.0. The Bertz CT molecular complexity index is 825. The molecule has 142 valence electrons. The lowest BCUT2D eigenvalue weighted by molar-refractivity contribution is 0.137. The number of hydrogen-bond donors (Lipinski definition) is 2. The van der Waals surface area contributed by atoms with Gasteiger partial charge in [-0.05, 0) is 5.56 Å². The second kappa shape index (κ2) is 8.30. The first-order valence-electron chi connectivity index (χ1n) is 8.27. The van der Waals surface area contributed by atoms with Crippen LogP contribution in [0.4, 0.5) is 13.6 Å². The predicted octanol–water partition coefficient (Wildman–Crippen LogP) is 3.28. The largest absolute Gasteiger partial charge is 0.497 e. The topological polar surface area (TPSA) is 59.6 Å². The van der Waals surface area contributed by atoms with E-state index in [4.69, 9.17) is 21.7 Å². The summed E-state index contributed by atoms with van der Waals surface area (Å²) in [5.41, 5.74) is 0.667. The van der Waals surface area contributed by atoms with Gasteiger partial charge in [-0.3, -0.25) is 0 Å². The lowest BCUT2D eigenvalue weighted by Crippen LogP contribution is -2.42. The number of methoxy groups -OCH3 is 1. The summed E-state index contributed by atoms with van der Waals surface area (Å²) in [4.78, 5) is 12.4. The van der Waals surface area contributed by atoms with Crippen LogP contribution in [0.15, 0.2) is 42.5 Å². The molecule has 5 nitrogen and oxygen atoms in total. The van der Waals surface area contributed by atoms with Gasteiger partial charge in [-0.15, -0.1) is 0 Å². The molecule has 1 aliphatic heterocycles. The fourth-order valence-electron chi connectivity index (χ4n) is 2.98. The van der Waals surface area contributed by atoms with Crippen molar-refractivity contribution in [2.24, 2.45) is 0 Å². The molecule has 1 fully saturated rings. The average molecular weight is 392 g/mol. The third kappa shape index (κ3) is 4.33. The molecule has 2 aromatic carbocycles. The van der Waals surface area contributed by atoms with Crippen LogP contribution in [-0.2, 0) is 11.3 Å². The second-order valence-corrected chi connectivity index (χ2v) is 6.48. The van der Waals surface area contributed by atoms with E-state index in [2.05, 4.69) is 10.6 Å². The molecular weight excluding hydrogens is 374 g/mol. The Balaban J connectivity index is 1.72. The number of alkyl carbamates (subject to hydrolysis) is 1. The Morgan fingerprint density at radius 3 is 2.56 bits per heavy atom. The molecule has 1 saturated heterocycles. The van der Waals surface area contributed by atoms with Gasteiger partial charge in [0.25, 0.3) is 0 Å². The van der Waals surface area contributed by atoms with Crippen LogP contribution in [0.1, 0.15) is 17.0 Å². The maximum Gasteiger partial charge on any atom is 0.408 e. The van der Waals surface area contributed by atoms with Crippen molar-refractivity contribution in [1.29, 1.82) is 0 Å². The fourth-order valence-corrected chi connectivity index (χ4v) is 3.29. The Kier molecular flexibility index (Phi) is 5.85. The zero-order valence-electron chi connectivity index (χ0n) is 14.5. The van der Waals surface area contributed by atoms with Crippen molar-refractivity contribution in [2.75, 3.05) is 13.7 Å². The zero-order chi connectivity index (χ0) is 19.4. The van der Waals surface area contributed by atoms with Crippen molar-refractivity contribution in [3.63, 3.8) is 0 Å². The van der Waals surface area contributed by atoms with Gasteiger partial charge in [-0.2, -0.15) is 0 Å². The summed E-state index contributed by atoms with van der Waals surface area (Å²) in [5.74, 6) is -2.14. The molecule has 2 N–H and O–H groups in total. The lowest BCUT2D eigenvalue weighted by atomic mass is 9.93. The Hall–Kier alpha value is -2.74. The van der Waals surface area contributed by atoms with Crippen molar-refractivity contribution in [3.05, 3.63) is 65.2 Å². The molecule has 2 atom stereocenters. The number of hydrogen-bond acceptors (Lipinski definition) is 4. The van der Waals surface area contributed by atoms with Gasteiger partial charge >= 0.3 is 6.09 Å². The molecule has 1 amide bonds. The summed E-state index contributed by atoms with van der Waals surface area (Å²) >= 11 is 5.20. The molecule has 1 heterocycles. The van der Waals surface area contributed by atoms with E-state index >= 15 is 0 Å². The molecule has 0 aliphatic carbocycles. The first-order valence-corrected chi connectivity index (χ1v) is 8.68. The average Bonchev–Trinajstić information content (AvgIpc) is 3.00. The molecule has 0 spiro atoms. The smallest absolute Gasteiger partial charge is 0.408 e. The summed E-state index contributed by atoms with van der Waals surface area (Å²) < 4.78 is 38.9. The van der Waals surface area contributed by atoms with Crippen molar-refractivity contribution in [3.8, 4) is 5.75 Å². The number of thiocarbonyl (C=S) groups is 1. The highest BCUT2D eigenvalue weighted by molar-refractivity contribution is 7.80. The van der Waals surface area contributed by atoms with Crippen molar-refractivity contribution in [1.82, 2.24) is 10.6 Å². The SMILES string of the molecule is COc1cc(F)c([C@@H]2CNC(=S)[C@H]2NC(=O)OCc2ccccc2)c(F)c1. The number of carbonyl (C=O) groups excluding carboxylic acids is 1. The highest BCUT2D eigenvalue weighted by atomic mass is 32.1. The number of rotatable bonds is 5. The van der Waals surface area contributed by atoms with Gasteiger partial charge < -0.3 is 20.1 Å². The maximum absolute atomic E-state index is 14.4. The zero-order valence-corrected chi connectivity index (χ0v) is 15.3. The number of amides is 1. The lowest BCUT2D eigenvalue weighted by Gasteiger charge is -2.21. The third-order valence-electron chi connectivity index (χ3n) is 4.33. The van der Waals surface area contributed by atoms with E-state index in [1.807, 2.05) is 30.3 Å². The number of ether oxygens (including phenoxy) is 2. The van der Waals surface area contributed by atoms with Gasteiger partial charge in [-0.25, -0.2) is 13.6 Å². The van der Waals surface area contributed by atoms with Crippen LogP contribution in [0.25, 0.3) is 0 Å². The molecular formula is C19H18F2N2O3S. The van der Waals surface area contributed by atoms with Crippen LogP contribution < -0.4 is 15.4 Å². The number of nitrogens with one attached hydrogen (secondary N) is 2. The van der Waals surface area contributed by atoms with E-state index in [0.717, 1.165) is 17.7 Å². The molecule has 0 aromatic heterocycles. The minimum Gasteiger partial charge on any atom is -0.497 e. The standard InChI is InChI=1S/C19H18F2N2O3S/c1-25-12-7-14(20)16(15(21)8-12)13-9-22-18(27)17(13)23-19(24)26-10-11-5-3-2-4-6-11/h2-8,13,17H,9-10H2,1H3,(H,22,27)(H,23,24)/t13-,17-/m0/s1. The second-order valence-electron chi connectivity index (χ2n) is 6.04. The van der Waals surface area contributed by atoms with Crippen LogP contribution in [0.3, 0.4) is 0 Å². The summed E-state index contributed by atoms with van der Waals surface area (Å²) in [6.07, 6.45) is -0.714. The molecule has 3 rings (SSSR count). The van der Waals surface area contributed by atoms with E-state index in [1.165, 1.54) is 7.11 Å². The fraction of sp³-hybridized carbons (Fsp3) is 0.263. The highest BCUT2D eigenvalue weighted by Crippen LogP contribution is 2.31. The summed E-state index contributed by atoms with van der Waals surface area (Å²) in [6.45, 7) is 0.276. The summed E-state index contributed by atoms with van der Waals surface area (Å²) in [7, 11) is 1.33. The van der Waals surface area contributed by atoms with Gasteiger partial charge in [0.1, 0.15) is 24.0 Å². The van der Waals surface area contributed by atoms with Gasteiger partial charge in [0, 0.05) is 30.2 Å². The van der Waals surface area contributed by atoms with Crippen molar-refractivity contribution >= 4 is 23.3 Å². The predicted molar refractivity (Wildman–Crippen MR) is 99.8 cm³/mol. The van der Waals surface area contributed by atoms with Crippen molar-refractivity contribution < 1.29 is 23.0 Å². The Morgan fingerprint density at radius 1 is 1.26 bits per heavy atom. The van der Waals surface area contributed by atoms with Crippen LogP contribution >= 0.6 is 12.2 Å². The minimum absolute atomic E-state index is 0.0778. The number of carbonyl (C=O) groups is 1. The first kappa shape index (κ1) is 19.0. The molecule has 0 radical (unpaired) electrons. The molecule has 0 saturated carbocycles. The van der Waals surface area contributed by atoms with Crippen LogP contribution in [0, 0.1) is 11.6 Å². The van der Waals surface area contributed by atoms with E-state index in [0.29, 0.717) is 4.99 Å². The molecule has 1 aliphatic rings. The summed E-state index contributed by atoms with van der Waals surface area (Å²) in [5, 5.41) is 5.48. The minimum atomic E-state index is -0.777. The highest BCUT2D eigenvalue weighted by Gasteiger charge is 2.38. The van der Waals surface area contributed by atoms with Gasteiger partial charge in [0.15, 0.2) is 0 Å². The quantitative estimate of drug-likeness (QED) is 0.765.